The van der Waals surface area contributed by atoms with Crippen molar-refractivity contribution in [1.82, 2.24) is 14.9 Å². The van der Waals surface area contributed by atoms with E-state index >= 15 is 0 Å². The third kappa shape index (κ3) is 3.18. The Bertz CT molecular complexity index is 948. The Balaban J connectivity index is 1.62. The molecule has 0 atom stereocenters. The average Bonchev–Trinajstić information content (AvgIpc) is 2.68. The molecule has 2 aromatic carbocycles. The number of fused-ring (bicyclic) bond motifs is 1. The van der Waals surface area contributed by atoms with Gasteiger partial charge >= 0.3 is 0 Å². The number of aromatic hydroxyl groups is 1. The van der Waals surface area contributed by atoms with E-state index in [4.69, 9.17) is 4.98 Å². The molecule has 26 heavy (non-hydrogen) atoms. The maximum Gasteiger partial charge on any atom is 0.219 e. The first-order valence-electron chi connectivity index (χ1n) is 8.67. The molecule has 1 amide bonds. The second kappa shape index (κ2) is 6.63. The maximum atomic E-state index is 11.5. The van der Waals surface area contributed by atoms with Crippen molar-refractivity contribution < 1.29 is 9.90 Å². The van der Waals surface area contributed by atoms with Crippen molar-refractivity contribution in [3.05, 3.63) is 48.7 Å². The summed E-state index contributed by atoms with van der Waals surface area (Å²) >= 11 is 0. The predicted octanol–water partition coefficient (Wildman–Crippen LogP) is 2.67. The normalized spacial score (nSPS) is 14.7. The van der Waals surface area contributed by atoms with E-state index in [0.29, 0.717) is 13.1 Å². The number of phenols is 1. The van der Waals surface area contributed by atoms with Gasteiger partial charge in [-0.05, 0) is 35.4 Å². The van der Waals surface area contributed by atoms with Gasteiger partial charge in [-0.3, -0.25) is 9.78 Å². The fraction of sp³-hybridized carbons (Fsp3) is 0.250. The fourth-order valence-corrected chi connectivity index (χ4v) is 3.24. The first kappa shape index (κ1) is 16.3. The number of aromatic nitrogens is 2. The number of amides is 1. The lowest BCUT2D eigenvalue weighted by atomic mass is 10.0. The van der Waals surface area contributed by atoms with Crippen LogP contribution in [0.3, 0.4) is 0 Å². The van der Waals surface area contributed by atoms with E-state index in [-0.39, 0.29) is 11.7 Å². The lowest BCUT2D eigenvalue weighted by Gasteiger charge is -2.34. The standard InChI is InChI=1S/C20H20N4O2/c1-14(25)23-8-10-24(11-9-23)20-13-21-18-7-4-16(12-19(18)22-20)15-2-5-17(26)6-3-15/h2-7,12-13,26H,8-11H2,1H3. The molecule has 0 unspecified atom stereocenters. The third-order valence-corrected chi connectivity index (χ3v) is 4.78. The quantitative estimate of drug-likeness (QED) is 0.771. The molecule has 132 valence electrons. The minimum Gasteiger partial charge on any atom is -0.508 e. The number of benzene rings is 2. The highest BCUT2D eigenvalue weighted by Crippen LogP contribution is 2.25. The van der Waals surface area contributed by atoms with Gasteiger partial charge in [-0.15, -0.1) is 0 Å². The zero-order chi connectivity index (χ0) is 18.1. The Hall–Kier alpha value is -3.15. The van der Waals surface area contributed by atoms with Crippen molar-refractivity contribution in [2.45, 2.75) is 6.92 Å². The summed E-state index contributed by atoms with van der Waals surface area (Å²) in [6.45, 7) is 4.55. The summed E-state index contributed by atoms with van der Waals surface area (Å²) in [5.74, 6) is 1.21. The topological polar surface area (TPSA) is 69.6 Å². The highest BCUT2D eigenvalue weighted by atomic mass is 16.3. The van der Waals surface area contributed by atoms with Crippen molar-refractivity contribution >= 4 is 22.8 Å². The number of phenolic OH excluding ortho intramolecular Hbond substituents is 1. The van der Waals surface area contributed by atoms with Crippen LogP contribution < -0.4 is 4.90 Å². The first-order chi connectivity index (χ1) is 12.6. The van der Waals surface area contributed by atoms with Gasteiger partial charge in [0.15, 0.2) is 0 Å². The Labute approximate surface area is 151 Å². The number of carbonyl (C=O) groups excluding carboxylic acids is 1. The number of rotatable bonds is 2. The van der Waals surface area contributed by atoms with Crippen LogP contribution in [0.25, 0.3) is 22.2 Å². The van der Waals surface area contributed by atoms with Crippen molar-refractivity contribution in [2.75, 3.05) is 31.1 Å². The monoisotopic (exact) mass is 348 g/mol. The molecule has 2 heterocycles. The third-order valence-electron chi connectivity index (χ3n) is 4.78. The van der Waals surface area contributed by atoms with Crippen LogP contribution in [-0.2, 0) is 4.79 Å². The minimum absolute atomic E-state index is 0.118. The van der Waals surface area contributed by atoms with Gasteiger partial charge in [-0.25, -0.2) is 4.98 Å². The summed E-state index contributed by atoms with van der Waals surface area (Å²) in [5.41, 5.74) is 3.73. The van der Waals surface area contributed by atoms with Crippen LogP contribution in [0.15, 0.2) is 48.7 Å². The van der Waals surface area contributed by atoms with Crippen LogP contribution in [0.4, 0.5) is 5.82 Å². The van der Waals surface area contributed by atoms with Crippen LogP contribution >= 0.6 is 0 Å². The number of anilines is 1. The van der Waals surface area contributed by atoms with Crippen molar-refractivity contribution in [1.29, 1.82) is 0 Å². The molecule has 0 bridgehead atoms. The summed E-state index contributed by atoms with van der Waals surface area (Å²) in [7, 11) is 0. The number of hydrogen-bond donors (Lipinski definition) is 1. The van der Waals surface area contributed by atoms with E-state index in [9.17, 15) is 9.90 Å². The second-order valence-corrected chi connectivity index (χ2v) is 6.47. The molecule has 0 radical (unpaired) electrons. The Morgan fingerprint density at radius 1 is 0.962 bits per heavy atom. The Morgan fingerprint density at radius 2 is 1.65 bits per heavy atom. The second-order valence-electron chi connectivity index (χ2n) is 6.47. The number of piperazine rings is 1. The number of hydrogen-bond acceptors (Lipinski definition) is 5. The van der Waals surface area contributed by atoms with Crippen LogP contribution in [0.1, 0.15) is 6.92 Å². The Kier molecular flexibility index (Phi) is 4.16. The summed E-state index contributed by atoms with van der Waals surface area (Å²) in [6.07, 6.45) is 1.80. The van der Waals surface area contributed by atoms with Crippen molar-refractivity contribution in [2.24, 2.45) is 0 Å². The van der Waals surface area contributed by atoms with Gasteiger partial charge < -0.3 is 14.9 Å². The fourth-order valence-electron chi connectivity index (χ4n) is 3.24. The Morgan fingerprint density at radius 3 is 2.35 bits per heavy atom. The van der Waals surface area contributed by atoms with Crippen LogP contribution in [-0.4, -0.2) is 52.1 Å². The van der Waals surface area contributed by atoms with Gasteiger partial charge in [0.2, 0.25) is 5.91 Å². The lowest BCUT2D eigenvalue weighted by Crippen LogP contribution is -2.48. The number of carbonyl (C=O) groups is 1. The molecule has 1 aliphatic heterocycles. The molecule has 4 rings (SSSR count). The average molecular weight is 348 g/mol. The molecular formula is C20H20N4O2. The molecule has 3 aromatic rings. The molecular weight excluding hydrogens is 328 g/mol. The van der Waals surface area contributed by atoms with Gasteiger partial charge in [0.05, 0.1) is 17.2 Å². The van der Waals surface area contributed by atoms with E-state index < -0.39 is 0 Å². The van der Waals surface area contributed by atoms with E-state index in [2.05, 4.69) is 9.88 Å². The smallest absolute Gasteiger partial charge is 0.219 e. The van der Waals surface area contributed by atoms with E-state index in [1.165, 1.54) is 0 Å². The van der Waals surface area contributed by atoms with Gasteiger partial charge in [-0.2, -0.15) is 0 Å². The molecule has 6 nitrogen and oxygen atoms in total. The predicted molar refractivity (Wildman–Crippen MR) is 101 cm³/mol. The van der Waals surface area contributed by atoms with E-state index in [1.54, 1.807) is 25.3 Å². The molecule has 0 aliphatic carbocycles. The molecule has 1 fully saturated rings. The van der Waals surface area contributed by atoms with Crippen molar-refractivity contribution in [3.8, 4) is 16.9 Å². The summed E-state index contributed by atoms with van der Waals surface area (Å²) in [4.78, 5) is 24.8. The summed E-state index contributed by atoms with van der Waals surface area (Å²) in [5, 5.41) is 9.46. The molecule has 6 heteroatoms. The first-order valence-corrected chi connectivity index (χ1v) is 8.67. The van der Waals surface area contributed by atoms with Gasteiger partial charge in [0.1, 0.15) is 11.6 Å². The molecule has 1 aliphatic rings. The molecule has 1 aromatic heterocycles. The lowest BCUT2D eigenvalue weighted by molar-refractivity contribution is -0.129. The summed E-state index contributed by atoms with van der Waals surface area (Å²) < 4.78 is 0. The van der Waals surface area contributed by atoms with E-state index in [1.807, 2.05) is 35.2 Å². The van der Waals surface area contributed by atoms with Gasteiger partial charge in [-0.1, -0.05) is 18.2 Å². The van der Waals surface area contributed by atoms with Crippen molar-refractivity contribution in [3.63, 3.8) is 0 Å². The zero-order valence-corrected chi connectivity index (χ0v) is 14.6. The molecule has 0 spiro atoms. The van der Waals surface area contributed by atoms with E-state index in [0.717, 1.165) is 41.1 Å². The SMILES string of the molecule is CC(=O)N1CCN(c2cnc3ccc(-c4ccc(O)cc4)cc3n2)CC1. The van der Waals surface area contributed by atoms with Crippen LogP contribution in [0.5, 0.6) is 5.75 Å². The molecule has 0 saturated carbocycles. The van der Waals surface area contributed by atoms with Crippen LogP contribution in [0.2, 0.25) is 0 Å². The van der Waals surface area contributed by atoms with Crippen LogP contribution in [0, 0.1) is 0 Å². The summed E-state index contributed by atoms with van der Waals surface area (Å²) in [6, 6.07) is 13.1. The molecule has 1 saturated heterocycles. The van der Waals surface area contributed by atoms with Gasteiger partial charge in [0, 0.05) is 33.1 Å². The van der Waals surface area contributed by atoms with Gasteiger partial charge in [0.25, 0.3) is 0 Å². The minimum atomic E-state index is 0.118. The highest BCUT2D eigenvalue weighted by molar-refractivity contribution is 5.82. The molecule has 1 N–H and O–H groups in total. The zero-order valence-electron chi connectivity index (χ0n) is 14.6. The largest absolute Gasteiger partial charge is 0.508 e. The number of nitrogens with zero attached hydrogens (tertiary/aromatic N) is 4. The maximum absolute atomic E-state index is 11.5. The highest BCUT2D eigenvalue weighted by Gasteiger charge is 2.20.